The smallest absolute Gasteiger partial charge is 0.306 e. The average molecular weight is 416 g/mol. The Hall–Kier alpha value is -1.69. The van der Waals surface area contributed by atoms with Gasteiger partial charge in [0.1, 0.15) is 6.10 Å². The molecule has 158 valence electrons. The number of nitrogens with one attached hydrogen (secondary N) is 1. The fourth-order valence-corrected chi connectivity index (χ4v) is 5.46. The molecule has 5 heteroatoms. The third-order valence-corrected chi connectivity index (χ3v) is 7.16. The number of carboxylic acid groups (broad SMARTS) is 1. The summed E-state index contributed by atoms with van der Waals surface area (Å²) >= 11 is 1.51. The molecule has 0 bridgehead atoms. The van der Waals surface area contributed by atoms with E-state index in [2.05, 4.69) is 43.4 Å². The molecule has 29 heavy (non-hydrogen) atoms. The molecule has 0 aliphatic heterocycles. The normalized spacial score (nSPS) is 16.6. The van der Waals surface area contributed by atoms with Gasteiger partial charge in [-0.1, -0.05) is 31.2 Å². The Morgan fingerprint density at radius 3 is 2.48 bits per heavy atom. The van der Waals surface area contributed by atoms with Crippen molar-refractivity contribution in [3.05, 3.63) is 57.3 Å². The average Bonchev–Trinajstić information content (AvgIpc) is 3.29. The SMILES string of the molecule is CCC(Cc1ccsc1C(O)CNC(C)(C)CC1Cc2ccccc2C1)C(=O)O. The highest BCUT2D eigenvalue weighted by Gasteiger charge is 2.29. The van der Waals surface area contributed by atoms with Gasteiger partial charge in [-0.3, -0.25) is 4.79 Å². The number of aliphatic carboxylic acids is 1. The lowest BCUT2D eigenvalue weighted by Gasteiger charge is -2.30. The number of aliphatic hydroxyl groups excluding tert-OH is 1. The molecule has 0 radical (unpaired) electrons. The number of thiophene rings is 1. The first-order chi connectivity index (χ1) is 13.8. The van der Waals surface area contributed by atoms with Gasteiger partial charge in [0.05, 0.1) is 5.92 Å². The first kappa shape index (κ1) is 22.0. The zero-order valence-electron chi connectivity index (χ0n) is 17.6. The molecule has 1 aromatic heterocycles. The summed E-state index contributed by atoms with van der Waals surface area (Å²) in [6.45, 7) is 6.78. The van der Waals surface area contributed by atoms with Crippen LogP contribution in [0, 0.1) is 11.8 Å². The minimum atomic E-state index is -0.768. The number of β-amino-alcohol motifs (C(OH)–C–C–N with tert-alkyl or cyclic N) is 1. The number of rotatable bonds is 10. The number of benzene rings is 1. The zero-order chi connectivity index (χ0) is 21.0. The van der Waals surface area contributed by atoms with E-state index in [1.807, 2.05) is 18.4 Å². The monoisotopic (exact) mass is 415 g/mol. The molecule has 0 spiro atoms. The largest absolute Gasteiger partial charge is 0.481 e. The summed E-state index contributed by atoms with van der Waals surface area (Å²) in [6, 6.07) is 10.7. The Labute approximate surface area is 178 Å². The summed E-state index contributed by atoms with van der Waals surface area (Å²) in [4.78, 5) is 12.3. The van der Waals surface area contributed by atoms with Crippen LogP contribution in [0.2, 0.25) is 0 Å². The van der Waals surface area contributed by atoms with Crippen molar-refractivity contribution in [1.29, 1.82) is 0 Å². The van der Waals surface area contributed by atoms with Crippen molar-refractivity contribution in [2.45, 2.75) is 64.5 Å². The number of fused-ring (bicyclic) bond motifs is 1. The molecule has 1 aromatic carbocycles. The number of aliphatic hydroxyl groups is 1. The highest BCUT2D eigenvalue weighted by molar-refractivity contribution is 7.10. The number of carboxylic acids is 1. The maximum atomic E-state index is 11.4. The van der Waals surface area contributed by atoms with Crippen molar-refractivity contribution >= 4 is 17.3 Å². The van der Waals surface area contributed by atoms with E-state index in [0.29, 0.717) is 25.3 Å². The van der Waals surface area contributed by atoms with E-state index >= 15 is 0 Å². The molecular formula is C24H33NO3S. The van der Waals surface area contributed by atoms with Crippen LogP contribution >= 0.6 is 11.3 Å². The van der Waals surface area contributed by atoms with Crippen molar-refractivity contribution in [2.75, 3.05) is 6.54 Å². The molecule has 2 aromatic rings. The van der Waals surface area contributed by atoms with Gasteiger partial charge in [0.15, 0.2) is 0 Å². The second-order valence-electron chi connectivity index (χ2n) is 8.99. The maximum absolute atomic E-state index is 11.4. The second kappa shape index (κ2) is 9.41. The van der Waals surface area contributed by atoms with Crippen LogP contribution in [0.15, 0.2) is 35.7 Å². The van der Waals surface area contributed by atoms with Gasteiger partial charge in [0.2, 0.25) is 0 Å². The van der Waals surface area contributed by atoms with Crippen LogP contribution in [-0.4, -0.2) is 28.3 Å². The molecule has 1 aliphatic rings. The summed E-state index contributed by atoms with van der Waals surface area (Å²) in [5.74, 6) is -0.537. The number of hydrogen-bond donors (Lipinski definition) is 3. The minimum Gasteiger partial charge on any atom is -0.481 e. The standard InChI is InChI=1S/C24H33NO3S/c1-4-17(23(27)28)13-20-9-10-29-22(20)21(26)15-25-24(2,3)14-16-11-18-7-5-6-8-19(18)12-16/h5-10,16-17,21,25-26H,4,11-15H2,1-3H3,(H,27,28). The van der Waals surface area contributed by atoms with E-state index in [1.54, 1.807) is 0 Å². The summed E-state index contributed by atoms with van der Waals surface area (Å²) in [5.41, 5.74) is 3.83. The van der Waals surface area contributed by atoms with Crippen molar-refractivity contribution in [3.63, 3.8) is 0 Å². The van der Waals surface area contributed by atoms with Gasteiger partial charge >= 0.3 is 5.97 Å². The van der Waals surface area contributed by atoms with Gasteiger partial charge < -0.3 is 15.5 Å². The van der Waals surface area contributed by atoms with Crippen LogP contribution in [0.1, 0.15) is 61.3 Å². The van der Waals surface area contributed by atoms with Crippen molar-refractivity contribution in [2.24, 2.45) is 11.8 Å². The zero-order valence-corrected chi connectivity index (χ0v) is 18.5. The van der Waals surface area contributed by atoms with Crippen molar-refractivity contribution in [1.82, 2.24) is 5.32 Å². The lowest BCUT2D eigenvalue weighted by Crippen LogP contribution is -2.43. The molecule has 3 rings (SSSR count). The molecule has 0 amide bonds. The van der Waals surface area contributed by atoms with Gasteiger partial charge in [-0.25, -0.2) is 0 Å². The molecule has 1 heterocycles. The fourth-order valence-electron chi connectivity index (χ4n) is 4.53. The first-order valence-electron chi connectivity index (χ1n) is 10.6. The maximum Gasteiger partial charge on any atom is 0.306 e. The van der Waals surface area contributed by atoms with Crippen LogP contribution in [-0.2, 0) is 24.1 Å². The van der Waals surface area contributed by atoms with Crippen LogP contribution < -0.4 is 5.32 Å². The molecule has 4 nitrogen and oxygen atoms in total. The van der Waals surface area contributed by atoms with Gasteiger partial charge in [-0.2, -0.15) is 0 Å². The third kappa shape index (κ3) is 5.68. The second-order valence-corrected chi connectivity index (χ2v) is 9.93. The van der Waals surface area contributed by atoms with Crippen molar-refractivity contribution < 1.29 is 15.0 Å². The highest BCUT2D eigenvalue weighted by atomic mass is 32.1. The van der Waals surface area contributed by atoms with E-state index in [1.165, 1.54) is 22.5 Å². The quantitative estimate of drug-likeness (QED) is 0.530. The summed E-state index contributed by atoms with van der Waals surface area (Å²) in [5, 5.41) is 25.6. The van der Waals surface area contributed by atoms with E-state index in [9.17, 15) is 15.0 Å². The Bertz CT molecular complexity index is 804. The Kier molecular flexibility index (Phi) is 7.14. The predicted octanol–water partition coefficient (Wildman–Crippen LogP) is 4.61. The lowest BCUT2D eigenvalue weighted by molar-refractivity contribution is -0.141. The molecule has 0 fully saturated rings. The lowest BCUT2D eigenvalue weighted by atomic mass is 9.88. The molecule has 3 N–H and O–H groups in total. The van der Waals surface area contributed by atoms with E-state index < -0.39 is 18.0 Å². The number of hydrogen-bond acceptors (Lipinski definition) is 4. The fraction of sp³-hybridized carbons (Fsp3) is 0.542. The third-order valence-electron chi connectivity index (χ3n) is 6.10. The topological polar surface area (TPSA) is 69.6 Å². The Morgan fingerprint density at radius 2 is 1.90 bits per heavy atom. The molecule has 0 saturated heterocycles. The first-order valence-corrected chi connectivity index (χ1v) is 11.5. The van der Waals surface area contributed by atoms with E-state index in [0.717, 1.165) is 29.7 Å². The predicted molar refractivity (Wildman–Crippen MR) is 118 cm³/mol. The molecule has 1 aliphatic carbocycles. The van der Waals surface area contributed by atoms with Crippen molar-refractivity contribution in [3.8, 4) is 0 Å². The molecule has 2 atom stereocenters. The minimum absolute atomic E-state index is 0.0713. The van der Waals surface area contributed by atoms with Gasteiger partial charge in [0, 0.05) is 17.0 Å². The number of carbonyl (C=O) groups is 1. The van der Waals surface area contributed by atoms with Crippen LogP contribution in [0.3, 0.4) is 0 Å². The van der Waals surface area contributed by atoms with Gasteiger partial charge in [-0.15, -0.1) is 11.3 Å². The van der Waals surface area contributed by atoms with Crippen LogP contribution in [0.25, 0.3) is 0 Å². The Balaban J connectivity index is 1.54. The van der Waals surface area contributed by atoms with Gasteiger partial charge in [0.25, 0.3) is 0 Å². The molecule has 0 saturated carbocycles. The molecular weight excluding hydrogens is 382 g/mol. The van der Waals surface area contributed by atoms with E-state index in [4.69, 9.17) is 0 Å². The molecule has 2 unspecified atom stereocenters. The summed E-state index contributed by atoms with van der Waals surface area (Å²) in [6.07, 6.45) is 3.78. The highest BCUT2D eigenvalue weighted by Crippen LogP contribution is 2.32. The Morgan fingerprint density at radius 1 is 1.24 bits per heavy atom. The van der Waals surface area contributed by atoms with Crippen LogP contribution in [0.4, 0.5) is 0 Å². The summed E-state index contributed by atoms with van der Waals surface area (Å²) < 4.78 is 0. The summed E-state index contributed by atoms with van der Waals surface area (Å²) in [7, 11) is 0. The van der Waals surface area contributed by atoms with Gasteiger partial charge in [-0.05, 0) is 80.0 Å². The van der Waals surface area contributed by atoms with E-state index in [-0.39, 0.29) is 5.54 Å². The van der Waals surface area contributed by atoms with Crippen LogP contribution in [0.5, 0.6) is 0 Å².